The van der Waals surface area contributed by atoms with Crippen molar-refractivity contribution in [1.29, 1.82) is 5.41 Å². The molecule has 0 bridgehead atoms. The average Bonchev–Trinajstić information content (AvgIpc) is 2.32. The summed E-state index contributed by atoms with van der Waals surface area (Å²) in [6.45, 7) is 1.63. The highest BCUT2D eigenvalue weighted by molar-refractivity contribution is 5.49. The van der Waals surface area contributed by atoms with Crippen LogP contribution >= 0.6 is 0 Å². The maximum absolute atomic E-state index is 12.7. The smallest absolute Gasteiger partial charge is 0.123 e. The van der Waals surface area contributed by atoms with Crippen molar-refractivity contribution in [2.24, 2.45) is 0 Å². The summed E-state index contributed by atoms with van der Waals surface area (Å²) in [7, 11) is 1.81. The second-order valence-electron chi connectivity index (χ2n) is 3.98. The number of hydrogen-bond donors (Lipinski definition) is 2. The van der Waals surface area contributed by atoms with Gasteiger partial charge >= 0.3 is 0 Å². The zero-order chi connectivity index (χ0) is 12.7. The molecule has 1 aromatic rings. The molecule has 5 heteroatoms. The molecule has 0 saturated carbocycles. The van der Waals surface area contributed by atoms with E-state index in [1.165, 1.54) is 23.5 Å². The first-order valence-electron chi connectivity index (χ1n) is 5.51. The normalized spacial score (nSPS) is 10.6. The molecule has 0 aromatic heterocycles. The summed E-state index contributed by atoms with van der Waals surface area (Å²) in [6, 6.07) is 6.07. The van der Waals surface area contributed by atoms with E-state index in [0.29, 0.717) is 13.1 Å². The number of halogens is 1. The van der Waals surface area contributed by atoms with Crippen molar-refractivity contribution in [2.75, 3.05) is 20.1 Å². The third kappa shape index (κ3) is 5.42. The molecule has 0 spiro atoms. The van der Waals surface area contributed by atoms with Gasteiger partial charge in [-0.15, -0.1) is 0 Å². The van der Waals surface area contributed by atoms with Crippen molar-refractivity contribution >= 4 is 6.34 Å². The van der Waals surface area contributed by atoms with E-state index < -0.39 is 0 Å². The Morgan fingerprint density at radius 1 is 1.29 bits per heavy atom. The van der Waals surface area contributed by atoms with Crippen LogP contribution in [0.4, 0.5) is 4.39 Å². The van der Waals surface area contributed by atoms with Gasteiger partial charge in [-0.3, -0.25) is 5.41 Å². The summed E-state index contributed by atoms with van der Waals surface area (Å²) in [4.78, 5) is 1.74. The standard InChI is InChI=1S/C12H18FN3O/c1-15(10-14)7-2-8-16(17)9-11-3-5-12(13)6-4-11/h3-6,10,14,17H,2,7-9H2,1H3. The zero-order valence-corrected chi connectivity index (χ0v) is 9.93. The van der Waals surface area contributed by atoms with Crippen LogP contribution in [0.3, 0.4) is 0 Å². The van der Waals surface area contributed by atoms with Crippen LogP contribution in [0.1, 0.15) is 12.0 Å². The Balaban J connectivity index is 2.27. The van der Waals surface area contributed by atoms with Gasteiger partial charge in [0.05, 0.1) is 6.34 Å². The lowest BCUT2D eigenvalue weighted by Gasteiger charge is -2.17. The molecule has 0 atom stereocenters. The third-order valence-electron chi connectivity index (χ3n) is 2.43. The quantitative estimate of drug-likeness (QED) is 0.434. The van der Waals surface area contributed by atoms with Crippen molar-refractivity contribution in [3.8, 4) is 0 Å². The molecular formula is C12H18FN3O. The van der Waals surface area contributed by atoms with Crippen molar-refractivity contribution in [2.45, 2.75) is 13.0 Å². The molecule has 0 heterocycles. The van der Waals surface area contributed by atoms with E-state index in [9.17, 15) is 9.60 Å². The Hall–Kier alpha value is -1.46. The maximum Gasteiger partial charge on any atom is 0.123 e. The molecule has 0 saturated heterocycles. The molecule has 0 radical (unpaired) electrons. The van der Waals surface area contributed by atoms with Gasteiger partial charge < -0.3 is 10.1 Å². The van der Waals surface area contributed by atoms with Gasteiger partial charge in [0.15, 0.2) is 0 Å². The van der Waals surface area contributed by atoms with Crippen LogP contribution in [0.5, 0.6) is 0 Å². The van der Waals surface area contributed by atoms with E-state index in [-0.39, 0.29) is 5.82 Å². The van der Waals surface area contributed by atoms with E-state index in [0.717, 1.165) is 18.5 Å². The molecule has 17 heavy (non-hydrogen) atoms. The van der Waals surface area contributed by atoms with Crippen LogP contribution in [-0.2, 0) is 6.54 Å². The Labute approximate surface area is 101 Å². The molecule has 94 valence electrons. The van der Waals surface area contributed by atoms with Crippen LogP contribution in [0, 0.1) is 11.2 Å². The van der Waals surface area contributed by atoms with Crippen molar-refractivity contribution < 1.29 is 9.60 Å². The summed E-state index contributed by atoms with van der Waals surface area (Å²) in [5.41, 5.74) is 0.870. The molecule has 0 amide bonds. The van der Waals surface area contributed by atoms with Crippen molar-refractivity contribution in [3.05, 3.63) is 35.6 Å². The van der Waals surface area contributed by atoms with Crippen molar-refractivity contribution in [3.63, 3.8) is 0 Å². The fraction of sp³-hybridized carbons (Fsp3) is 0.417. The van der Waals surface area contributed by atoms with Gasteiger partial charge in [0.25, 0.3) is 0 Å². The van der Waals surface area contributed by atoms with Crippen LogP contribution in [-0.4, -0.2) is 41.6 Å². The Morgan fingerprint density at radius 2 is 1.94 bits per heavy atom. The molecule has 0 aliphatic carbocycles. The minimum atomic E-state index is -0.272. The third-order valence-corrected chi connectivity index (χ3v) is 2.43. The summed E-state index contributed by atoms with van der Waals surface area (Å²) in [5.74, 6) is -0.272. The van der Waals surface area contributed by atoms with Gasteiger partial charge in [-0.2, -0.15) is 5.06 Å². The molecular weight excluding hydrogens is 221 g/mol. The lowest BCUT2D eigenvalue weighted by molar-refractivity contribution is -0.100. The van der Waals surface area contributed by atoms with Gasteiger partial charge in [-0.1, -0.05) is 12.1 Å². The molecule has 0 unspecified atom stereocenters. The summed E-state index contributed by atoms with van der Waals surface area (Å²) < 4.78 is 12.7. The molecule has 2 N–H and O–H groups in total. The topological polar surface area (TPSA) is 50.6 Å². The number of hydroxylamine groups is 2. The molecule has 0 aliphatic rings. The molecule has 1 aromatic carbocycles. The Bertz CT molecular complexity index is 342. The fourth-order valence-electron chi connectivity index (χ4n) is 1.45. The summed E-state index contributed by atoms with van der Waals surface area (Å²) >= 11 is 0. The van der Waals surface area contributed by atoms with Gasteiger partial charge in [-0.05, 0) is 24.1 Å². The van der Waals surface area contributed by atoms with Crippen molar-refractivity contribution in [1.82, 2.24) is 9.96 Å². The number of benzene rings is 1. The Morgan fingerprint density at radius 3 is 2.53 bits per heavy atom. The average molecular weight is 239 g/mol. The van der Waals surface area contributed by atoms with Gasteiger partial charge in [0.2, 0.25) is 0 Å². The number of nitrogens with one attached hydrogen (secondary N) is 1. The minimum absolute atomic E-state index is 0.272. The molecule has 4 nitrogen and oxygen atoms in total. The predicted octanol–water partition coefficient (Wildman–Crippen LogP) is 1.95. The highest BCUT2D eigenvalue weighted by Gasteiger charge is 2.02. The van der Waals surface area contributed by atoms with Crippen LogP contribution in [0.2, 0.25) is 0 Å². The van der Waals surface area contributed by atoms with E-state index >= 15 is 0 Å². The molecule has 0 fully saturated rings. The monoisotopic (exact) mass is 239 g/mol. The lowest BCUT2D eigenvalue weighted by atomic mass is 10.2. The Kier molecular flexibility index (Phi) is 5.59. The number of rotatable bonds is 7. The number of nitrogens with zero attached hydrogens (tertiary/aromatic N) is 2. The van der Waals surface area contributed by atoms with E-state index in [4.69, 9.17) is 5.41 Å². The largest absolute Gasteiger partial charge is 0.366 e. The molecule has 1 rings (SSSR count). The zero-order valence-electron chi connectivity index (χ0n) is 9.93. The summed E-state index contributed by atoms with van der Waals surface area (Å²) in [5, 5.41) is 17.8. The molecule has 0 aliphatic heterocycles. The van der Waals surface area contributed by atoms with E-state index in [2.05, 4.69) is 0 Å². The van der Waals surface area contributed by atoms with Gasteiger partial charge in [-0.25, -0.2) is 4.39 Å². The van der Waals surface area contributed by atoms with Gasteiger partial charge in [0, 0.05) is 26.7 Å². The van der Waals surface area contributed by atoms with Crippen LogP contribution in [0.15, 0.2) is 24.3 Å². The first kappa shape index (κ1) is 13.6. The maximum atomic E-state index is 12.7. The van der Waals surface area contributed by atoms with Crippen LogP contribution in [0.25, 0.3) is 0 Å². The fourth-order valence-corrected chi connectivity index (χ4v) is 1.45. The summed E-state index contributed by atoms with van der Waals surface area (Å²) in [6.07, 6.45) is 2.02. The lowest BCUT2D eigenvalue weighted by Crippen LogP contribution is -2.25. The van der Waals surface area contributed by atoms with E-state index in [1.54, 1.807) is 17.0 Å². The van der Waals surface area contributed by atoms with E-state index in [1.807, 2.05) is 7.05 Å². The highest BCUT2D eigenvalue weighted by atomic mass is 19.1. The first-order chi connectivity index (χ1) is 8.11. The second kappa shape index (κ2) is 6.98. The number of hydrogen-bond acceptors (Lipinski definition) is 3. The highest BCUT2D eigenvalue weighted by Crippen LogP contribution is 2.05. The predicted molar refractivity (Wildman–Crippen MR) is 64.6 cm³/mol. The van der Waals surface area contributed by atoms with Gasteiger partial charge in [0.1, 0.15) is 5.82 Å². The second-order valence-corrected chi connectivity index (χ2v) is 3.98. The minimum Gasteiger partial charge on any atom is -0.366 e. The first-order valence-corrected chi connectivity index (χ1v) is 5.51. The van der Waals surface area contributed by atoms with Crippen LogP contribution < -0.4 is 0 Å². The SMILES string of the molecule is CN(C=N)CCCN(O)Cc1ccc(F)cc1.